The first-order chi connectivity index (χ1) is 13.1. The van der Waals surface area contributed by atoms with Crippen LogP contribution in [0.1, 0.15) is 28.9 Å². The lowest BCUT2D eigenvalue weighted by Gasteiger charge is -2.25. The van der Waals surface area contributed by atoms with Crippen molar-refractivity contribution in [3.63, 3.8) is 0 Å². The van der Waals surface area contributed by atoms with Crippen LogP contribution in [0.5, 0.6) is 0 Å². The van der Waals surface area contributed by atoms with Gasteiger partial charge >= 0.3 is 0 Å². The highest BCUT2D eigenvalue weighted by molar-refractivity contribution is 6.31. The maximum atomic E-state index is 13.3. The molecule has 1 amide bonds. The van der Waals surface area contributed by atoms with E-state index in [2.05, 4.69) is 5.10 Å². The molecular formula is C21H20ClN3O2. The highest BCUT2D eigenvalue weighted by Crippen LogP contribution is 2.27. The van der Waals surface area contributed by atoms with Crippen molar-refractivity contribution in [3.05, 3.63) is 75.2 Å². The second-order valence-electron chi connectivity index (χ2n) is 6.91. The van der Waals surface area contributed by atoms with Crippen molar-refractivity contribution in [1.29, 1.82) is 0 Å². The topological polar surface area (TPSA) is 55.2 Å². The summed E-state index contributed by atoms with van der Waals surface area (Å²) in [5.41, 5.74) is 1.18. The zero-order valence-electron chi connectivity index (χ0n) is 15.1. The Balaban J connectivity index is 1.70. The highest BCUT2D eigenvalue weighted by Gasteiger charge is 2.32. The monoisotopic (exact) mass is 381 g/mol. The van der Waals surface area contributed by atoms with E-state index in [1.54, 1.807) is 25.2 Å². The summed E-state index contributed by atoms with van der Waals surface area (Å²) in [6.07, 6.45) is 2.60. The molecule has 1 aliphatic rings. The van der Waals surface area contributed by atoms with E-state index >= 15 is 0 Å². The predicted molar refractivity (Wildman–Crippen MR) is 106 cm³/mol. The number of aromatic nitrogens is 2. The maximum absolute atomic E-state index is 13.3. The molecule has 1 saturated heterocycles. The quantitative estimate of drug-likeness (QED) is 0.698. The van der Waals surface area contributed by atoms with Gasteiger partial charge in [-0.05, 0) is 37.0 Å². The van der Waals surface area contributed by atoms with Gasteiger partial charge in [-0.2, -0.15) is 5.10 Å². The minimum atomic E-state index is -0.198. The van der Waals surface area contributed by atoms with Crippen LogP contribution in [0.3, 0.4) is 0 Å². The molecule has 0 N–H and O–H groups in total. The molecule has 0 saturated carbocycles. The van der Waals surface area contributed by atoms with Gasteiger partial charge in [-0.3, -0.25) is 9.59 Å². The third-order valence-corrected chi connectivity index (χ3v) is 5.58. The smallest absolute Gasteiger partial charge is 0.275 e. The van der Waals surface area contributed by atoms with Gasteiger partial charge in [0, 0.05) is 30.0 Å². The molecule has 1 aromatic heterocycles. The molecule has 1 aliphatic heterocycles. The van der Waals surface area contributed by atoms with Gasteiger partial charge in [0.2, 0.25) is 0 Å². The standard InChI is InChI=1S/C21H20ClN3O2/c1-24-20(26)17-10-4-3-9-16(17)19(23-24)21(27)25-12-6-8-15(25)13-14-7-2-5-11-18(14)22/h2-5,7,9-11,15H,6,8,12-13H2,1H3. The fourth-order valence-corrected chi connectivity index (χ4v) is 4.04. The first kappa shape index (κ1) is 17.7. The van der Waals surface area contributed by atoms with E-state index in [0.717, 1.165) is 29.8 Å². The minimum absolute atomic E-state index is 0.0789. The van der Waals surface area contributed by atoms with Crippen molar-refractivity contribution in [2.24, 2.45) is 7.05 Å². The molecule has 2 heterocycles. The Kier molecular flexibility index (Phi) is 4.70. The lowest BCUT2D eigenvalue weighted by Crippen LogP contribution is -2.38. The zero-order valence-corrected chi connectivity index (χ0v) is 15.8. The first-order valence-corrected chi connectivity index (χ1v) is 9.44. The second-order valence-corrected chi connectivity index (χ2v) is 7.32. The van der Waals surface area contributed by atoms with Gasteiger partial charge in [0.15, 0.2) is 5.69 Å². The van der Waals surface area contributed by atoms with Crippen LogP contribution in [0.4, 0.5) is 0 Å². The van der Waals surface area contributed by atoms with Crippen LogP contribution in [-0.2, 0) is 13.5 Å². The molecule has 1 fully saturated rings. The fourth-order valence-electron chi connectivity index (χ4n) is 3.83. The normalized spacial score (nSPS) is 16.8. The summed E-state index contributed by atoms with van der Waals surface area (Å²) in [5, 5.41) is 6.14. The second kappa shape index (κ2) is 7.16. The number of rotatable bonds is 3. The summed E-state index contributed by atoms with van der Waals surface area (Å²) in [6, 6.07) is 15.0. The van der Waals surface area contributed by atoms with Crippen molar-refractivity contribution in [2.75, 3.05) is 6.54 Å². The lowest BCUT2D eigenvalue weighted by molar-refractivity contribution is 0.0730. The zero-order chi connectivity index (χ0) is 19.0. The van der Waals surface area contributed by atoms with Gasteiger partial charge in [0.05, 0.1) is 5.39 Å². The molecule has 6 heteroatoms. The molecule has 5 nitrogen and oxygen atoms in total. The Labute approximate surface area is 162 Å². The number of hydrogen-bond acceptors (Lipinski definition) is 3. The SMILES string of the molecule is Cn1nc(C(=O)N2CCCC2Cc2ccccc2Cl)c2ccccc2c1=O. The van der Waals surface area contributed by atoms with E-state index in [4.69, 9.17) is 11.6 Å². The van der Waals surface area contributed by atoms with Crippen LogP contribution >= 0.6 is 11.6 Å². The molecular weight excluding hydrogens is 362 g/mol. The third-order valence-electron chi connectivity index (χ3n) is 5.21. The van der Waals surface area contributed by atoms with Gasteiger partial charge in [-0.15, -0.1) is 0 Å². The number of likely N-dealkylation sites (tertiary alicyclic amines) is 1. The number of fused-ring (bicyclic) bond motifs is 1. The molecule has 1 atom stereocenters. The van der Waals surface area contributed by atoms with E-state index in [1.807, 2.05) is 35.2 Å². The number of hydrogen-bond donors (Lipinski definition) is 0. The Morgan fingerprint density at radius 3 is 2.63 bits per heavy atom. The highest BCUT2D eigenvalue weighted by atomic mass is 35.5. The van der Waals surface area contributed by atoms with E-state index < -0.39 is 0 Å². The van der Waals surface area contributed by atoms with Crippen LogP contribution in [0.2, 0.25) is 5.02 Å². The van der Waals surface area contributed by atoms with E-state index in [-0.39, 0.29) is 17.5 Å². The number of halogens is 1. The molecule has 0 bridgehead atoms. The van der Waals surface area contributed by atoms with E-state index in [9.17, 15) is 9.59 Å². The Hall–Kier alpha value is -2.66. The van der Waals surface area contributed by atoms with Crippen molar-refractivity contribution >= 4 is 28.3 Å². The number of nitrogens with zero attached hydrogens (tertiary/aromatic N) is 3. The number of carbonyl (C=O) groups excluding carboxylic acids is 1. The molecule has 1 unspecified atom stereocenters. The lowest BCUT2D eigenvalue weighted by atomic mass is 10.0. The number of benzene rings is 2. The molecule has 27 heavy (non-hydrogen) atoms. The summed E-state index contributed by atoms with van der Waals surface area (Å²) in [6.45, 7) is 0.687. The Bertz CT molecular complexity index is 1080. The average molecular weight is 382 g/mol. The molecule has 3 aromatic rings. The summed E-state index contributed by atoms with van der Waals surface area (Å²) >= 11 is 6.31. The summed E-state index contributed by atoms with van der Waals surface area (Å²) in [7, 11) is 1.58. The van der Waals surface area contributed by atoms with Crippen LogP contribution in [-0.4, -0.2) is 33.2 Å². The average Bonchev–Trinajstić information content (AvgIpc) is 3.14. The van der Waals surface area contributed by atoms with Crippen LogP contribution < -0.4 is 5.56 Å². The molecule has 0 aliphatic carbocycles. The van der Waals surface area contributed by atoms with Crippen LogP contribution in [0.25, 0.3) is 10.8 Å². The maximum Gasteiger partial charge on any atom is 0.275 e. The predicted octanol–water partition coefficient (Wildman–Crippen LogP) is 3.43. The summed E-state index contributed by atoms with van der Waals surface area (Å²) in [4.78, 5) is 27.5. The van der Waals surface area contributed by atoms with Gasteiger partial charge in [-0.25, -0.2) is 4.68 Å². The molecule has 0 radical (unpaired) electrons. The Morgan fingerprint density at radius 2 is 1.85 bits per heavy atom. The van der Waals surface area contributed by atoms with Crippen molar-refractivity contribution < 1.29 is 4.79 Å². The Morgan fingerprint density at radius 1 is 1.15 bits per heavy atom. The number of amides is 1. The van der Waals surface area contributed by atoms with Gasteiger partial charge in [0.25, 0.3) is 11.5 Å². The minimum Gasteiger partial charge on any atom is -0.334 e. The molecule has 138 valence electrons. The van der Waals surface area contributed by atoms with Crippen molar-refractivity contribution in [2.45, 2.75) is 25.3 Å². The summed E-state index contributed by atoms with van der Waals surface area (Å²) in [5.74, 6) is -0.128. The molecule has 0 spiro atoms. The molecule has 2 aromatic carbocycles. The van der Waals surface area contributed by atoms with E-state index in [0.29, 0.717) is 23.0 Å². The third kappa shape index (κ3) is 3.23. The van der Waals surface area contributed by atoms with Crippen molar-refractivity contribution in [3.8, 4) is 0 Å². The number of carbonyl (C=O) groups is 1. The van der Waals surface area contributed by atoms with Crippen molar-refractivity contribution in [1.82, 2.24) is 14.7 Å². The fraction of sp³-hybridized carbons (Fsp3) is 0.286. The largest absolute Gasteiger partial charge is 0.334 e. The van der Waals surface area contributed by atoms with E-state index in [1.165, 1.54) is 4.68 Å². The van der Waals surface area contributed by atoms with Gasteiger partial charge in [0.1, 0.15) is 0 Å². The van der Waals surface area contributed by atoms with Crippen LogP contribution in [0, 0.1) is 0 Å². The van der Waals surface area contributed by atoms with Gasteiger partial charge in [-0.1, -0.05) is 48.0 Å². The summed E-state index contributed by atoms with van der Waals surface area (Å²) < 4.78 is 1.24. The van der Waals surface area contributed by atoms with Crippen LogP contribution in [0.15, 0.2) is 53.3 Å². The number of aryl methyl sites for hydroxylation is 1. The molecule has 4 rings (SSSR count). The first-order valence-electron chi connectivity index (χ1n) is 9.06. The van der Waals surface area contributed by atoms with Gasteiger partial charge < -0.3 is 4.90 Å².